The Labute approximate surface area is 260 Å². The number of carbonyl (C=O) groups excluding carboxylic acids is 2. The second-order valence-corrected chi connectivity index (χ2v) is 13.5. The molecule has 1 aromatic heterocycles. The summed E-state index contributed by atoms with van der Waals surface area (Å²) in [5.74, 6) is -0.892. The van der Waals surface area contributed by atoms with Gasteiger partial charge in [-0.15, -0.1) is 0 Å². The third-order valence-corrected chi connectivity index (χ3v) is 9.68. The number of hydrogen-bond acceptors (Lipinski definition) is 5. The molecule has 1 fully saturated rings. The Bertz CT molecular complexity index is 1700. The summed E-state index contributed by atoms with van der Waals surface area (Å²) in [6.07, 6.45) is 3.86. The van der Waals surface area contributed by atoms with E-state index in [1.54, 1.807) is 4.90 Å². The highest BCUT2D eigenvalue weighted by molar-refractivity contribution is 7.90. The molecule has 8 nitrogen and oxygen atoms in total. The lowest BCUT2D eigenvalue weighted by Crippen LogP contribution is -2.45. The molecule has 1 atom stereocenters. The number of aryl methyl sites for hydroxylation is 4. The lowest BCUT2D eigenvalue weighted by atomic mass is 10.0. The van der Waals surface area contributed by atoms with Crippen LogP contribution < -0.4 is 4.72 Å². The number of rotatable bonds is 11. The number of carbonyl (C=O) groups is 2. The molecule has 9 heteroatoms. The van der Waals surface area contributed by atoms with E-state index in [0.717, 1.165) is 53.3 Å². The van der Waals surface area contributed by atoms with Gasteiger partial charge in [0.25, 0.3) is 5.91 Å². The molecule has 44 heavy (non-hydrogen) atoms. The molecule has 4 aromatic rings. The number of amides is 2. The third kappa shape index (κ3) is 7.69. The van der Waals surface area contributed by atoms with Crippen LogP contribution in [0.15, 0.2) is 78.9 Å². The molecular formula is C35H41N3O5S. The van der Waals surface area contributed by atoms with E-state index in [1.807, 2.05) is 85.1 Å². The SMILES string of the molecule is Cc1ccc2c(C)c(C(=O)NS(=O)(=O)CC[C@H]3CCCCN3C(=O)OCc3ccccc3)n(CCCc3ccccc3)c2c1. The zero-order chi connectivity index (χ0) is 31.1. The van der Waals surface area contributed by atoms with Gasteiger partial charge in [0.1, 0.15) is 12.3 Å². The second-order valence-electron chi connectivity index (χ2n) is 11.7. The van der Waals surface area contributed by atoms with E-state index in [1.165, 1.54) is 5.56 Å². The highest BCUT2D eigenvalue weighted by atomic mass is 32.2. The number of nitrogens with one attached hydrogen (secondary N) is 1. The van der Waals surface area contributed by atoms with Gasteiger partial charge in [0.05, 0.1) is 5.75 Å². The Balaban J connectivity index is 1.26. The molecule has 0 radical (unpaired) electrons. The van der Waals surface area contributed by atoms with E-state index in [4.69, 9.17) is 4.74 Å². The van der Waals surface area contributed by atoms with E-state index in [2.05, 4.69) is 16.9 Å². The number of hydrogen-bond donors (Lipinski definition) is 1. The zero-order valence-electron chi connectivity index (χ0n) is 25.5. The number of nitrogens with zero attached hydrogens (tertiary/aromatic N) is 2. The van der Waals surface area contributed by atoms with Gasteiger partial charge < -0.3 is 14.2 Å². The Kier molecular flexibility index (Phi) is 10.0. The first kappa shape index (κ1) is 31.3. The number of aromatic nitrogens is 1. The van der Waals surface area contributed by atoms with Crippen LogP contribution in [0.1, 0.15) is 64.8 Å². The van der Waals surface area contributed by atoms with Crippen LogP contribution in [0.3, 0.4) is 0 Å². The summed E-state index contributed by atoms with van der Waals surface area (Å²) in [4.78, 5) is 28.2. The van der Waals surface area contributed by atoms with Crippen molar-refractivity contribution < 1.29 is 22.7 Å². The number of ether oxygens (including phenoxy) is 1. The Morgan fingerprint density at radius 1 is 0.932 bits per heavy atom. The van der Waals surface area contributed by atoms with Crippen molar-refractivity contribution >= 4 is 32.9 Å². The van der Waals surface area contributed by atoms with Crippen molar-refractivity contribution in [1.82, 2.24) is 14.2 Å². The van der Waals surface area contributed by atoms with E-state index in [9.17, 15) is 18.0 Å². The van der Waals surface area contributed by atoms with Crippen LogP contribution in [0, 0.1) is 13.8 Å². The minimum absolute atomic E-state index is 0.162. The number of likely N-dealkylation sites (tertiary alicyclic amines) is 1. The number of sulfonamides is 1. The topological polar surface area (TPSA) is 97.7 Å². The first-order chi connectivity index (χ1) is 21.2. The number of piperidine rings is 1. The highest BCUT2D eigenvalue weighted by Crippen LogP contribution is 2.28. The Hall–Kier alpha value is -4.11. The standard InChI is InChI=1S/C35H41N3O5S/c1-26-18-19-31-27(2)33(38(32(31)24-26)22-11-16-28-12-5-3-6-13-28)34(39)36-44(41,42)23-20-30-17-9-10-21-37(30)35(40)43-25-29-14-7-4-8-15-29/h3-8,12-15,18-19,24,30H,9-11,16-17,20-23,25H2,1-2H3,(H,36,39)/t30-/m1/s1. The van der Waals surface area contributed by atoms with Crippen molar-refractivity contribution in [1.29, 1.82) is 0 Å². The lowest BCUT2D eigenvalue weighted by molar-refractivity contribution is 0.0672. The van der Waals surface area contributed by atoms with E-state index in [0.29, 0.717) is 25.2 Å². The fraction of sp³-hybridized carbons (Fsp3) is 0.371. The van der Waals surface area contributed by atoms with E-state index >= 15 is 0 Å². The van der Waals surface area contributed by atoms with Gasteiger partial charge in [-0.1, -0.05) is 72.8 Å². The summed E-state index contributed by atoms with van der Waals surface area (Å²) in [5.41, 5.74) is 5.22. The van der Waals surface area contributed by atoms with Crippen LogP contribution in [-0.2, 0) is 34.3 Å². The van der Waals surface area contributed by atoms with Crippen LogP contribution >= 0.6 is 0 Å². The average molecular weight is 616 g/mol. The molecule has 0 aliphatic carbocycles. The largest absolute Gasteiger partial charge is 0.445 e. The Morgan fingerprint density at radius 3 is 2.36 bits per heavy atom. The third-order valence-electron chi connectivity index (χ3n) is 8.41. The minimum atomic E-state index is -3.97. The minimum Gasteiger partial charge on any atom is -0.445 e. The fourth-order valence-corrected chi connectivity index (χ4v) is 7.18. The van der Waals surface area contributed by atoms with Gasteiger partial charge in [-0.3, -0.25) is 4.79 Å². The molecule has 3 aromatic carbocycles. The van der Waals surface area contributed by atoms with Crippen LogP contribution in [0.5, 0.6) is 0 Å². The molecule has 1 aliphatic rings. The maximum absolute atomic E-state index is 13.6. The average Bonchev–Trinajstić information content (AvgIpc) is 3.30. The van der Waals surface area contributed by atoms with Crippen molar-refractivity contribution in [2.75, 3.05) is 12.3 Å². The summed E-state index contributed by atoms with van der Waals surface area (Å²) in [6.45, 7) is 5.13. The van der Waals surface area contributed by atoms with Gasteiger partial charge in [-0.2, -0.15) is 0 Å². The summed E-state index contributed by atoms with van der Waals surface area (Å²) >= 11 is 0. The summed E-state index contributed by atoms with van der Waals surface area (Å²) in [6, 6.07) is 25.4. The van der Waals surface area contributed by atoms with Gasteiger partial charge in [0.2, 0.25) is 10.0 Å². The Morgan fingerprint density at radius 2 is 1.64 bits per heavy atom. The van der Waals surface area contributed by atoms with Crippen LogP contribution in [-0.4, -0.2) is 48.2 Å². The first-order valence-electron chi connectivity index (χ1n) is 15.4. The van der Waals surface area contributed by atoms with Gasteiger partial charge in [0.15, 0.2) is 0 Å². The number of fused-ring (bicyclic) bond motifs is 1. The molecular weight excluding hydrogens is 574 g/mol. The molecule has 5 rings (SSSR count). The zero-order valence-corrected chi connectivity index (χ0v) is 26.3. The molecule has 232 valence electrons. The lowest BCUT2D eigenvalue weighted by Gasteiger charge is -2.34. The highest BCUT2D eigenvalue weighted by Gasteiger charge is 2.30. The van der Waals surface area contributed by atoms with Crippen LogP contribution in [0.25, 0.3) is 10.9 Å². The van der Waals surface area contributed by atoms with Gasteiger partial charge in [0, 0.05) is 30.0 Å². The summed E-state index contributed by atoms with van der Waals surface area (Å²) in [7, 11) is -3.97. The molecule has 2 amide bonds. The molecule has 1 saturated heterocycles. The predicted molar refractivity (Wildman–Crippen MR) is 173 cm³/mol. The summed E-state index contributed by atoms with van der Waals surface area (Å²) in [5, 5.41) is 0.935. The molecule has 0 saturated carbocycles. The normalized spacial score (nSPS) is 15.3. The van der Waals surface area contributed by atoms with Gasteiger partial charge >= 0.3 is 6.09 Å². The van der Waals surface area contributed by atoms with Crippen LogP contribution in [0.4, 0.5) is 4.79 Å². The molecule has 0 bridgehead atoms. The molecule has 2 heterocycles. The van der Waals surface area contributed by atoms with Gasteiger partial charge in [-0.05, 0) is 80.7 Å². The van der Waals surface area contributed by atoms with Crippen molar-refractivity contribution in [2.45, 2.75) is 71.6 Å². The van der Waals surface area contributed by atoms with E-state index in [-0.39, 0.29) is 24.8 Å². The first-order valence-corrected chi connectivity index (χ1v) is 17.0. The smallest absolute Gasteiger partial charge is 0.410 e. The molecule has 0 spiro atoms. The number of benzene rings is 3. The van der Waals surface area contributed by atoms with Crippen molar-refractivity contribution in [3.63, 3.8) is 0 Å². The second kappa shape index (κ2) is 14.1. The molecule has 1 aliphatic heterocycles. The maximum Gasteiger partial charge on any atom is 0.410 e. The van der Waals surface area contributed by atoms with Crippen molar-refractivity contribution in [2.24, 2.45) is 0 Å². The quantitative estimate of drug-likeness (QED) is 0.207. The van der Waals surface area contributed by atoms with Crippen LogP contribution in [0.2, 0.25) is 0 Å². The van der Waals surface area contributed by atoms with Crippen molar-refractivity contribution in [3.8, 4) is 0 Å². The predicted octanol–water partition coefficient (Wildman–Crippen LogP) is 6.53. The van der Waals surface area contributed by atoms with Crippen molar-refractivity contribution in [3.05, 3.63) is 107 Å². The maximum atomic E-state index is 13.6. The van der Waals surface area contributed by atoms with Gasteiger partial charge in [-0.25, -0.2) is 17.9 Å². The monoisotopic (exact) mass is 615 g/mol. The molecule has 1 N–H and O–H groups in total. The van der Waals surface area contributed by atoms with E-state index < -0.39 is 22.0 Å². The summed E-state index contributed by atoms with van der Waals surface area (Å²) < 4.78 is 36.4. The molecule has 0 unspecified atom stereocenters. The fourth-order valence-electron chi connectivity index (χ4n) is 6.12.